The van der Waals surface area contributed by atoms with Crippen molar-refractivity contribution in [3.05, 3.63) is 45.4 Å². The third-order valence-corrected chi connectivity index (χ3v) is 4.03. The topological polar surface area (TPSA) is 56.3 Å². The van der Waals surface area contributed by atoms with E-state index in [0.717, 1.165) is 33.4 Å². The lowest BCUT2D eigenvalue weighted by atomic mass is 10.1. The average molecular weight is 285 g/mol. The Balaban J connectivity index is 2.36. The number of ether oxygens (including phenoxy) is 1. The lowest BCUT2D eigenvalue weighted by Crippen LogP contribution is -2.08. The summed E-state index contributed by atoms with van der Waals surface area (Å²) in [7, 11) is 1.61. The Bertz CT molecular complexity index is 899. The van der Waals surface area contributed by atoms with Crippen LogP contribution in [0.4, 0.5) is 0 Å². The fourth-order valence-electron chi connectivity index (χ4n) is 2.07. The van der Waals surface area contributed by atoms with Crippen molar-refractivity contribution in [3.8, 4) is 5.75 Å². The summed E-state index contributed by atoms with van der Waals surface area (Å²) in [6, 6.07) is 9.09. The molecule has 4 nitrogen and oxygen atoms in total. The number of nitrogens with zero attached hydrogens (tertiary/aromatic N) is 1. The first kappa shape index (κ1) is 12.7. The molecule has 0 atom stereocenters. The first-order chi connectivity index (χ1) is 9.58. The van der Waals surface area contributed by atoms with E-state index in [4.69, 9.17) is 4.74 Å². The van der Waals surface area contributed by atoms with E-state index in [0.29, 0.717) is 4.83 Å². The predicted octanol–water partition coefficient (Wildman–Crippen LogP) is 3.02. The van der Waals surface area contributed by atoms with Crippen molar-refractivity contribution in [2.45, 2.75) is 6.92 Å². The molecule has 3 aromatic rings. The molecule has 100 valence electrons. The number of ketones is 1. The maximum Gasteiger partial charge on any atom is 0.245 e. The van der Waals surface area contributed by atoms with E-state index < -0.39 is 0 Å². The van der Waals surface area contributed by atoms with Gasteiger partial charge >= 0.3 is 0 Å². The molecule has 0 saturated heterocycles. The Kier molecular flexibility index (Phi) is 2.99. The second-order valence-corrected chi connectivity index (χ2v) is 5.41. The van der Waals surface area contributed by atoms with E-state index >= 15 is 0 Å². The van der Waals surface area contributed by atoms with Gasteiger partial charge in [0.05, 0.1) is 18.2 Å². The number of aromatic nitrogens is 1. The number of Topliss-reactive ketones (excluding diaryl/α,β-unsaturated/α-hetero) is 1. The first-order valence-corrected chi connectivity index (χ1v) is 6.84. The molecule has 0 radical (unpaired) electrons. The predicted molar refractivity (Wildman–Crippen MR) is 80.0 cm³/mol. The molecule has 0 aliphatic carbocycles. The SMILES string of the molecule is COc1ccc2nc3sc(=O)c(C(C)=O)cc3cc2c1. The van der Waals surface area contributed by atoms with Gasteiger partial charge < -0.3 is 4.74 Å². The van der Waals surface area contributed by atoms with E-state index in [2.05, 4.69) is 4.98 Å². The normalized spacial score (nSPS) is 10.9. The van der Waals surface area contributed by atoms with Gasteiger partial charge in [-0.15, -0.1) is 0 Å². The summed E-state index contributed by atoms with van der Waals surface area (Å²) < 4.78 is 4.94. The van der Waals surface area contributed by atoms with Crippen LogP contribution in [0.2, 0.25) is 0 Å². The number of benzene rings is 1. The molecule has 0 amide bonds. The van der Waals surface area contributed by atoms with Crippen LogP contribution in [-0.2, 0) is 0 Å². The number of hydrogen-bond acceptors (Lipinski definition) is 5. The smallest absolute Gasteiger partial charge is 0.245 e. The molecule has 2 heterocycles. The summed E-state index contributed by atoms with van der Waals surface area (Å²) in [5.41, 5.74) is 1.01. The summed E-state index contributed by atoms with van der Waals surface area (Å²) in [6.45, 7) is 1.40. The quantitative estimate of drug-likeness (QED) is 0.536. The Morgan fingerprint density at radius 1 is 1.20 bits per heavy atom. The molecule has 0 unspecified atom stereocenters. The van der Waals surface area contributed by atoms with Crippen molar-refractivity contribution in [1.82, 2.24) is 4.98 Å². The van der Waals surface area contributed by atoms with Crippen LogP contribution in [0.15, 0.2) is 35.1 Å². The maximum atomic E-state index is 11.8. The van der Waals surface area contributed by atoms with Crippen molar-refractivity contribution in [3.63, 3.8) is 0 Å². The number of carbonyl (C=O) groups excluding carboxylic acids is 1. The molecule has 0 fully saturated rings. The monoisotopic (exact) mass is 285 g/mol. The third-order valence-electron chi connectivity index (χ3n) is 3.10. The van der Waals surface area contributed by atoms with E-state index in [1.165, 1.54) is 6.92 Å². The average Bonchev–Trinajstić information content (AvgIpc) is 2.43. The standard InChI is InChI=1S/C15H11NO3S/c1-8(17)12-7-10-5-9-6-11(19-2)3-4-13(9)16-14(10)20-15(12)18/h3-7H,1-2H3. The summed E-state index contributed by atoms with van der Waals surface area (Å²) >= 11 is 1.00. The zero-order valence-electron chi connectivity index (χ0n) is 11.0. The van der Waals surface area contributed by atoms with Gasteiger partial charge in [0.1, 0.15) is 10.6 Å². The first-order valence-electron chi connectivity index (χ1n) is 6.02. The largest absolute Gasteiger partial charge is 0.497 e. The Morgan fingerprint density at radius 2 is 2.00 bits per heavy atom. The Labute approximate surface area is 118 Å². The minimum atomic E-state index is -0.245. The van der Waals surface area contributed by atoms with Crippen molar-refractivity contribution >= 4 is 38.2 Å². The van der Waals surface area contributed by atoms with Crippen LogP contribution < -0.4 is 9.48 Å². The van der Waals surface area contributed by atoms with Crippen LogP contribution in [-0.4, -0.2) is 17.9 Å². The van der Waals surface area contributed by atoms with Crippen molar-refractivity contribution < 1.29 is 9.53 Å². The molecule has 0 bridgehead atoms. The number of carbonyl (C=O) groups is 1. The second-order valence-electron chi connectivity index (χ2n) is 4.45. The molecule has 0 aliphatic rings. The van der Waals surface area contributed by atoms with Gasteiger partial charge in [-0.05, 0) is 37.3 Å². The number of pyridine rings is 1. The number of methoxy groups -OCH3 is 1. The van der Waals surface area contributed by atoms with Crippen molar-refractivity contribution in [1.29, 1.82) is 0 Å². The lowest BCUT2D eigenvalue weighted by Gasteiger charge is -2.04. The lowest BCUT2D eigenvalue weighted by molar-refractivity contribution is 0.101. The van der Waals surface area contributed by atoms with Crippen molar-refractivity contribution in [2.24, 2.45) is 0 Å². The van der Waals surface area contributed by atoms with Gasteiger partial charge in [0.25, 0.3) is 0 Å². The highest BCUT2D eigenvalue weighted by atomic mass is 32.1. The van der Waals surface area contributed by atoms with Crippen LogP contribution in [0.3, 0.4) is 0 Å². The molecule has 1 aromatic carbocycles. The molecular formula is C15H11NO3S. The van der Waals surface area contributed by atoms with Crippen LogP contribution in [0.1, 0.15) is 17.3 Å². The Morgan fingerprint density at radius 3 is 2.70 bits per heavy atom. The minimum absolute atomic E-state index is 0.214. The fraction of sp³-hybridized carbons (Fsp3) is 0.133. The highest BCUT2D eigenvalue weighted by Crippen LogP contribution is 2.25. The zero-order valence-corrected chi connectivity index (χ0v) is 11.8. The molecule has 0 saturated carbocycles. The molecule has 0 N–H and O–H groups in total. The van der Waals surface area contributed by atoms with E-state index in [1.54, 1.807) is 13.2 Å². The van der Waals surface area contributed by atoms with E-state index in [-0.39, 0.29) is 16.1 Å². The summed E-state index contributed by atoms with van der Waals surface area (Å²) in [4.78, 5) is 28.4. The third kappa shape index (κ3) is 2.06. The number of hydrogen-bond donors (Lipinski definition) is 0. The van der Waals surface area contributed by atoms with Gasteiger partial charge in [0, 0.05) is 10.8 Å². The highest BCUT2D eigenvalue weighted by Gasteiger charge is 2.09. The molecular weight excluding hydrogens is 274 g/mol. The summed E-state index contributed by atoms with van der Waals surface area (Å²) in [6.07, 6.45) is 0. The molecule has 20 heavy (non-hydrogen) atoms. The zero-order chi connectivity index (χ0) is 14.3. The summed E-state index contributed by atoms with van der Waals surface area (Å²) in [5, 5.41) is 1.71. The van der Waals surface area contributed by atoms with E-state index in [9.17, 15) is 9.59 Å². The minimum Gasteiger partial charge on any atom is -0.497 e. The van der Waals surface area contributed by atoms with Crippen LogP contribution in [0.25, 0.3) is 21.1 Å². The van der Waals surface area contributed by atoms with E-state index in [1.807, 2.05) is 24.3 Å². The fourth-order valence-corrected chi connectivity index (χ4v) is 2.94. The molecule has 2 aromatic heterocycles. The van der Waals surface area contributed by atoms with Gasteiger partial charge in [-0.25, -0.2) is 4.98 Å². The molecule has 0 spiro atoms. The van der Waals surface area contributed by atoms with Gasteiger partial charge in [0.15, 0.2) is 5.78 Å². The molecule has 5 heteroatoms. The van der Waals surface area contributed by atoms with Crippen molar-refractivity contribution in [2.75, 3.05) is 7.11 Å². The van der Waals surface area contributed by atoms with Gasteiger partial charge in [0.2, 0.25) is 4.74 Å². The van der Waals surface area contributed by atoms with Gasteiger partial charge in [-0.3, -0.25) is 9.59 Å². The molecule has 0 aliphatic heterocycles. The Hall–Kier alpha value is -2.27. The van der Waals surface area contributed by atoms with Crippen LogP contribution in [0, 0.1) is 0 Å². The summed E-state index contributed by atoms with van der Waals surface area (Å²) in [5.74, 6) is 0.522. The number of rotatable bonds is 2. The van der Waals surface area contributed by atoms with Crippen LogP contribution in [0.5, 0.6) is 5.75 Å². The second kappa shape index (κ2) is 4.68. The van der Waals surface area contributed by atoms with Gasteiger partial charge in [-0.2, -0.15) is 0 Å². The maximum absolute atomic E-state index is 11.8. The number of fused-ring (bicyclic) bond motifs is 2. The van der Waals surface area contributed by atoms with Gasteiger partial charge in [-0.1, -0.05) is 11.3 Å². The highest BCUT2D eigenvalue weighted by molar-refractivity contribution is 7.16. The molecule has 3 rings (SSSR count). The van der Waals surface area contributed by atoms with Crippen LogP contribution >= 0.6 is 11.3 Å².